The summed E-state index contributed by atoms with van der Waals surface area (Å²) in [5, 5.41) is 22.2. The van der Waals surface area contributed by atoms with Crippen LogP contribution in [0, 0.1) is 10.1 Å². The van der Waals surface area contributed by atoms with Gasteiger partial charge in [-0.1, -0.05) is 28.4 Å². The molecule has 0 amide bonds. The Morgan fingerprint density at radius 1 is 1.56 bits per heavy atom. The second-order valence-corrected chi connectivity index (χ2v) is 3.74. The molecule has 1 aromatic carbocycles. The molecule has 0 aromatic heterocycles. The van der Waals surface area contributed by atoms with Crippen molar-refractivity contribution < 1.29 is 19.7 Å². The van der Waals surface area contributed by atoms with E-state index in [1.54, 1.807) is 0 Å². The number of carboxylic acids is 1. The molecular formula is C9H6Cl2N2O5. The SMILES string of the molecule is O=C(O)CO/N=C/c1c(Cl)ccc([N+](=O)[O-])c1Cl. The molecule has 1 rings (SSSR count). The molecule has 1 N–H and O–H groups in total. The minimum Gasteiger partial charge on any atom is -0.479 e. The molecule has 9 heteroatoms. The molecule has 0 radical (unpaired) electrons. The molecule has 0 fully saturated rings. The highest BCUT2D eigenvalue weighted by molar-refractivity contribution is 6.40. The summed E-state index contributed by atoms with van der Waals surface area (Å²) in [7, 11) is 0. The maximum absolute atomic E-state index is 10.6. The van der Waals surface area contributed by atoms with E-state index < -0.39 is 17.5 Å². The summed E-state index contributed by atoms with van der Waals surface area (Å²) in [5.74, 6) is -1.21. The van der Waals surface area contributed by atoms with Gasteiger partial charge in [0.1, 0.15) is 5.02 Å². The Morgan fingerprint density at radius 3 is 2.78 bits per heavy atom. The van der Waals surface area contributed by atoms with Crippen molar-refractivity contribution in [3.05, 3.63) is 37.9 Å². The fourth-order valence-electron chi connectivity index (χ4n) is 1.000. The quantitative estimate of drug-likeness (QED) is 0.510. The van der Waals surface area contributed by atoms with Crippen molar-refractivity contribution in [1.29, 1.82) is 0 Å². The van der Waals surface area contributed by atoms with Crippen LogP contribution in [-0.2, 0) is 9.63 Å². The van der Waals surface area contributed by atoms with E-state index in [1.807, 2.05) is 0 Å². The fraction of sp³-hybridized carbons (Fsp3) is 0.111. The largest absolute Gasteiger partial charge is 0.479 e. The van der Waals surface area contributed by atoms with E-state index in [0.29, 0.717) is 0 Å². The van der Waals surface area contributed by atoms with Crippen molar-refractivity contribution in [1.82, 2.24) is 0 Å². The predicted molar refractivity (Wildman–Crippen MR) is 64.3 cm³/mol. The lowest BCUT2D eigenvalue weighted by Crippen LogP contribution is -2.03. The minimum atomic E-state index is -1.21. The second-order valence-electron chi connectivity index (χ2n) is 2.95. The molecule has 0 aliphatic carbocycles. The zero-order chi connectivity index (χ0) is 13.7. The Bertz CT molecular complexity index is 518. The number of aliphatic carboxylic acids is 1. The van der Waals surface area contributed by atoms with Gasteiger partial charge in [-0.2, -0.15) is 0 Å². The van der Waals surface area contributed by atoms with Crippen LogP contribution in [0.3, 0.4) is 0 Å². The third kappa shape index (κ3) is 3.57. The summed E-state index contributed by atoms with van der Waals surface area (Å²) in [4.78, 5) is 24.5. The molecular weight excluding hydrogens is 287 g/mol. The van der Waals surface area contributed by atoms with Gasteiger partial charge >= 0.3 is 5.97 Å². The monoisotopic (exact) mass is 292 g/mol. The van der Waals surface area contributed by atoms with Gasteiger partial charge in [-0.15, -0.1) is 0 Å². The average Bonchev–Trinajstić information content (AvgIpc) is 2.26. The smallest absolute Gasteiger partial charge is 0.344 e. The highest BCUT2D eigenvalue weighted by Gasteiger charge is 2.17. The molecule has 0 aliphatic heterocycles. The minimum absolute atomic E-state index is 0.0814. The molecule has 0 unspecified atom stereocenters. The molecule has 7 nitrogen and oxygen atoms in total. The molecule has 0 saturated carbocycles. The van der Waals surface area contributed by atoms with Gasteiger partial charge in [0.25, 0.3) is 5.69 Å². The number of carboxylic acid groups (broad SMARTS) is 1. The van der Waals surface area contributed by atoms with Gasteiger partial charge in [0.15, 0.2) is 0 Å². The van der Waals surface area contributed by atoms with E-state index in [9.17, 15) is 14.9 Å². The lowest BCUT2D eigenvalue weighted by atomic mass is 10.2. The summed E-state index contributed by atoms with van der Waals surface area (Å²) in [6.07, 6.45) is 1.01. The molecule has 0 bridgehead atoms. The van der Waals surface area contributed by atoms with Crippen LogP contribution in [0.2, 0.25) is 10.0 Å². The highest BCUT2D eigenvalue weighted by Crippen LogP contribution is 2.31. The zero-order valence-corrected chi connectivity index (χ0v) is 10.2. The third-order valence-electron chi connectivity index (χ3n) is 1.75. The number of nitrogens with zero attached hydrogens (tertiary/aromatic N) is 2. The van der Waals surface area contributed by atoms with Crippen molar-refractivity contribution in [2.75, 3.05) is 6.61 Å². The number of carbonyl (C=O) groups is 1. The first-order chi connectivity index (χ1) is 8.43. The van der Waals surface area contributed by atoms with Gasteiger partial charge in [-0.05, 0) is 6.07 Å². The van der Waals surface area contributed by atoms with Crippen molar-refractivity contribution >= 4 is 41.1 Å². The van der Waals surface area contributed by atoms with Gasteiger partial charge in [-0.3, -0.25) is 10.1 Å². The first-order valence-electron chi connectivity index (χ1n) is 4.43. The number of hydrogen-bond donors (Lipinski definition) is 1. The molecule has 0 heterocycles. The molecule has 1 aromatic rings. The zero-order valence-electron chi connectivity index (χ0n) is 8.67. The van der Waals surface area contributed by atoms with Crippen LogP contribution in [0.5, 0.6) is 0 Å². The number of oxime groups is 1. The average molecular weight is 293 g/mol. The summed E-state index contributed by atoms with van der Waals surface area (Å²) < 4.78 is 0. The number of halogens is 2. The van der Waals surface area contributed by atoms with Crippen LogP contribution in [0.1, 0.15) is 5.56 Å². The van der Waals surface area contributed by atoms with E-state index in [4.69, 9.17) is 28.3 Å². The Hall–Kier alpha value is -1.86. The molecule has 96 valence electrons. The van der Waals surface area contributed by atoms with Crippen LogP contribution in [0.15, 0.2) is 17.3 Å². The summed E-state index contributed by atoms with van der Waals surface area (Å²) in [5.41, 5.74) is -0.251. The molecule has 0 atom stereocenters. The summed E-state index contributed by atoms with van der Waals surface area (Å²) in [6, 6.07) is 2.43. The Morgan fingerprint density at radius 2 is 2.22 bits per heavy atom. The van der Waals surface area contributed by atoms with Gasteiger partial charge < -0.3 is 9.94 Å². The molecule has 18 heavy (non-hydrogen) atoms. The van der Waals surface area contributed by atoms with Crippen LogP contribution in [0.4, 0.5) is 5.69 Å². The second kappa shape index (κ2) is 6.18. The van der Waals surface area contributed by atoms with Crippen LogP contribution in [0.25, 0.3) is 0 Å². The first-order valence-corrected chi connectivity index (χ1v) is 5.18. The Labute approximate surface area is 111 Å². The van der Waals surface area contributed by atoms with Gasteiger partial charge in [-0.25, -0.2) is 4.79 Å². The summed E-state index contributed by atoms with van der Waals surface area (Å²) >= 11 is 11.5. The number of nitro benzene ring substituents is 1. The number of rotatable bonds is 5. The maximum Gasteiger partial charge on any atom is 0.344 e. The van der Waals surface area contributed by atoms with Crippen LogP contribution < -0.4 is 0 Å². The normalized spacial score (nSPS) is 10.6. The van der Waals surface area contributed by atoms with Crippen molar-refractivity contribution in [2.24, 2.45) is 5.16 Å². The lowest BCUT2D eigenvalue weighted by molar-refractivity contribution is -0.384. The Kier molecular flexibility index (Phi) is 4.87. The topological polar surface area (TPSA) is 102 Å². The Balaban J connectivity index is 2.97. The number of benzene rings is 1. The van der Waals surface area contributed by atoms with E-state index in [-0.39, 0.29) is 21.3 Å². The van der Waals surface area contributed by atoms with E-state index in [1.165, 1.54) is 6.07 Å². The van der Waals surface area contributed by atoms with Gasteiger partial charge in [0.05, 0.1) is 16.2 Å². The molecule has 0 aliphatic rings. The third-order valence-corrected chi connectivity index (χ3v) is 2.47. The van der Waals surface area contributed by atoms with E-state index >= 15 is 0 Å². The van der Waals surface area contributed by atoms with E-state index in [0.717, 1.165) is 12.3 Å². The van der Waals surface area contributed by atoms with Crippen LogP contribution in [-0.4, -0.2) is 28.8 Å². The number of nitro groups is 1. The van der Waals surface area contributed by atoms with E-state index in [2.05, 4.69) is 9.99 Å². The fourth-order valence-corrected chi connectivity index (χ4v) is 1.54. The van der Waals surface area contributed by atoms with Gasteiger partial charge in [0, 0.05) is 11.6 Å². The van der Waals surface area contributed by atoms with Crippen molar-refractivity contribution in [3.63, 3.8) is 0 Å². The molecule has 0 saturated heterocycles. The maximum atomic E-state index is 10.6. The first kappa shape index (κ1) is 14.2. The van der Waals surface area contributed by atoms with Crippen molar-refractivity contribution in [3.8, 4) is 0 Å². The predicted octanol–water partition coefficient (Wildman–Crippen LogP) is 2.34. The lowest BCUT2D eigenvalue weighted by Gasteiger charge is -2.01. The van der Waals surface area contributed by atoms with Crippen molar-refractivity contribution in [2.45, 2.75) is 0 Å². The standard InChI is InChI=1S/C9H6Cl2N2O5/c10-6-1-2-7(13(16)17)9(11)5(6)3-12-18-4-8(14)15/h1-3H,4H2,(H,14,15)/b12-3+. The summed E-state index contributed by atoms with van der Waals surface area (Å²) in [6.45, 7) is -0.638. The number of hydrogen-bond acceptors (Lipinski definition) is 5. The molecule has 0 spiro atoms. The van der Waals surface area contributed by atoms with Crippen LogP contribution >= 0.6 is 23.2 Å². The highest BCUT2D eigenvalue weighted by atomic mass is 35.5. The van der Waals surface area contributed by atoms with Gasteiger partial charge in [0.2, 0.25) is 6.61 Å².